The third kappa shape index (κ3) is 6.02. The Morgan fingerprint density at radius 2 is 1.95 bits per heavy atom. The summed E-state index contributed by atoms with van der Waals surface area (Å²) in [5.74, 6) is 0.899. The molecule has 43 heavy (non-hydrogen) atoms. The average Bonchev–Trinajstić information content (AvgIpc) is 3.69. The number of carbonyl (C=O) groups excluding carboxylic acids is 1. The number of aromatic nitrogens is 2. The van der Waals surface area contributed by atoms with Gasteiger partial charge in [-0.1, -0.05) is 25.0 Å². The van der Waals surface area contributed by atoms with Gasteiger partial charge in [-0.25, -0.2) is 0 Å². The van der Waals surface area contributed by atoms with E-state index in [-0.39, 0.29) is 17.1 Å². The van der Waals surface area contributed by atoms with Gasteiger partial charge < -0.3 is 24.4 Å². The highest BCUT2D eigenvalue weighted by Gasteiger charge is 2.45. The molecule has 1 atom stereocenters. The van der Waals surface area contributed by atoms with E-state index >= 15 is 0 Å². The van der Waals surface area contributed by atoms with Crippen LogP contribution in [0.1, 0.15) is 67.1 Å². The highest BCUT2D eigenvalue weighted by molar-refractivity contribution is 14.1. The van der Waals surface area contributed by atoms with Crippen molar-refractivity contribution in [3.63, 3.8) is 0 Å². The van der Waals surface area contributed by atoms with Crippen LogP contribution in [0.5, 0.6) is 11.8 Å². The molecule has 1 aromatic heterocycles. The molecule has 3 aromatic rings. The highest BCUT2D eigenvalue weighted by atomic mass is 127. The van der Waals surface area contributed by atoms with Gasteiger partial charge in [0.05, 0.1) is 44.2 Å². The number of morpholine rings is 1. The normalized spacial score (nSPS) is 22.0. The molecule has 1 saturated carbocycles. The molecule has 4 aliphatic rings. The molecule has 7 rings (SSSR count). The fourth-order valence-corrected chi connectivity index (χ4v) is 7.74. The number of hydrogen-bond donors (Lipinski definition) is 1. The van der Waals surface area contributed by atoms with E-state index < -0.39 is 0 Å². The molecule has 1 amide bonds. The van der Waals surface area contributed by atoms with Crippen LogP contribution in [0.15, 0.2) is 30.3 Å². The van der Waals surface area contributed by atoms with Crippen molar-refractivity contribution in [2.24, 2.45) is 5.41 Å². The number of carbonyl (C=O) groups is 1. The second kappa shape index (κ2) is 12.0. The largest absolute Gasteiger partial charge is 0.508 e. The van der Waals surface area contributed by atoms with Crippen molar-refractivity contribution in [1.82, 2.24) is 19.8 Å². The van der Waals surface area contributed by atoms with E-state index in [1.807, 2.05) is 23.1 Å². The first-order valence-electron chi connectivity index (χ1n) is 15.7. The quantitative estimate of drug-likeness (QED) is 0.331. The summed E-state index contributed by atoms with van der Waals surface area (Å²) in [5.41, 5.74) is 2.55. The molecular weight excluding hydrogens is 657 g/mol. The Morgan fingerprint density at radius 1 is 1.12 bits per heavy atom. The Morgan fingerprint density at radius 3 is 2.77 bits per heavy atom. The van der Waals surface area contributed by atoms with Gasteiger partial charge in [-0.05, 0) is 78.8 Å². The third-order valence-corrected chi connectivity index (χ3v) is 10.5. The summed E-state index contributed by atoms with van der Waals surface area (Å²) in [5, 5.41) is 12.2. The number of nitrogens with zero attached hydrogens (tertiary/aromatic N) is 5. The van der Waals surface area contributed by atoms with E-state index in [9.17, 15) is 9.90 Å². The van der Waals surface area contributed by atoms with Crippen LogP contribution >= 0.6 is 22.6 Å². The van der Waals surface area contributed by atoms with Crippen LogP contribution in [0.2, 0.25) is 0 Å². The molecule has 9 nitrogen and oxygen atoms in total. The van der Waals surface area contributed by atoms with Gasteiger partial charge in [0.15, 0.2) is 0 Å². The van der Waals surface area contributed by atoms with Gasteiger partial charge in [0.1, 0.15) is 11.6 Å². The molecule has 0 spiro atoms. The Kier molecular flexibility index (Phi) is 8.11. The Hall–Kier alpha value is -2.70. The lowest BCUT2D eigenvalue weighted by molar-refractivity contribution is 0.0231. The highest BCUT2D eigenvalue weighted by Crippen LogP contribution is 2.47. The molecule has 2 aromatic carbocycles. The Balaban J connectivity index is 1.18. The minimum atomic E-state index is -0.109. The maximum absolute atomic E-state index is 14.1. The van der Waals surface area contributed by atoms with Crippen LogP contribution < -0.4 is 9.64 Å². The van der Waals surface area contributed by atoms with Crippen molar-refractivity contribution >= 4 is 45.1 Å². The minimum absolute atomic E-state index is 0.0928. The predicted molar refractivity (Wildman–Crippen MR) is 174 cm³/mol. The van der Waals surface area contributed by atoms with E-state index in [0.29, 0.717) is 37.3 Å². The van der Waals surface area contributed by atoms with E-state index in [1.165, 1.54) is 12.8 Å². The number of phenolic OH excluding ortho intramolecular Hbond substituents is 1. The molecule has 3 aliphatic heterocycles. The van der Waals surface area contributed by atoms with Gasteiger partial charge in [0, 0.05) is 52.2 Å². The molecular formula is C33H40IN5O4. The van der Waals surface area contributed by atoms with Gasteiger partial charge >= 0.3 is 6.01 Å². The Labute approximate surface area is 266 Å². The number of phenols is 1. The topological polar surface area (TPSA) is 91.3 Å². The lowest BCUT2D eigenvalue weighted by atomic mass is 10.0. The molecule has 1 aliphatic carbocycles. The number of rotatable bonds is 7. The number of aromatic hydroxyl groups is 1. The van der Waals surface area contributed by atoms with Crippen molar-refractivity contribution in [3.05, 3.63) is 50.7 Å². The fraction of sp³-hybridized carbons (Fsp3) is 0.545. The zero-order valence-corrected chi connectivity index (χ0v) is 27.0. The molecule has 228 valence electrons. The monoisotopic (exact) mass is 697 g/mol. The lowest BCUT2D eigenvalue weighted by Gasteiger charge is -2.31. The zero-order valence-electron chi connectivity index (χ0n) is 24.9. The number of anilines is 1. The van der Waals surface area contributed by atoms with Crippen LogP contribution in [0.4, 0.5) is 5.82 Å². The summed E-state index contributed by atoms with van der Waals surface area (Å²) in [6.07, 6.45) is 6.99. The number of benzene rings is 2. The smallest absolute Gasteiger partial charge is 0.318 e. The summed E-state index contributed by atoms with van der Waals surface area (Å²) >= 11 is 2.27. The van der Waals surface area contributed by atoms with Crippen LogP contribution in [0.25, 0.3) is 10.8 Å². The van der Waals surface area contributed by atoms with Crippen molar-refractivity contribution in [3.8, 4) is 11.8 Å². The molecule has 0 radical (unpaired) electrons. The summed E-state index contributed by atoms with van der Waals surface area (Å²) in [4.78, 5) is 30.8. The summed E-state index contributed by atoms with van der Waals surface area (Å²) in [7, 11) is 0. The Bertz CT molecular complexity index is 1520. The lowest BCUT2D eigenvalue weighted by Crippen LogP contribution is -2.41. The zero-order chi connectivity index (χ0) is 29.6. The summed E-state index contributed by atoms with van der Waals surface area (Å²) in [6, 6.07) is 9.96. The maximum atomic E-state index is 14.1. The van der Waals surface area contributed by atoms with Crippen LogP contribution in [-0.4, -0.2) is 82.8 Å². The molecule has 2 saturated heterocycles. The molecule has 1 unspecified atom stereocenters. The van der Waals surface area contributed by atoms with Gasteiger partial charge in [0.2, 0.25) is 0 Å². The van der Waals surface area contributed by atoms with E-state index in [4.69, 9.17) is 19.4 Å². The average molecular weight is 698 g/mol. The predicted octanol–water partition coefficient (Wildman–Crippen LogP) is 5.36. The first-order valence-corrected chi connectivity index (χ1v) is 16.8. The number of hydrogen-bond acceptors (Lipinski definition) is 8. The molecule has 3 fully saturated rings. The standard InChI is InChI=1S/C33H40IN5O4/c1-22-6-3-2-4-11-39(22)30-26-18-38(31(41)25-17-24(40)16-23-7-5-8-27(34)29(23)25)19-28(26)35-32(36-30)43-21-33(9-10-33)20-37-12-14-42-15-13-37/h5,7-8,16-17,22,40H,2-4,6,9-15,18-21H2,1H3. The second-order valence-corrected chi connectivity index (χ2v) is 14.0. The van der Waals surface area contributed by atoms with E-state index in [0.717, 1.165) is 96.5 Å². The number of ether oxygens (including phenoxy) is 2. The maximum Gasteiger partial charge on any atom is 0.318 e. The number of fused-ring (bicyclic) bond motifs is 2. The number of amides is 1. The summed E-state index contributed by atoms with van der Waals surface area (Å²) in [6.45, 7) is 9.23. The van der Waals surface area contributed by atoms with Crippen molar-refractivity contribution in [2.45, 2.75) is 64.6 Å². The van der Waals surface area contributed by atoms with Crippen LogP contribution in [0.3, 0.4) is 0 Å². The molecule has 1 N–H and O–H groups in total. The first kappa shape index (κ1) is 29.0. The first-order chi connectivity index (χ1) is 20.9. The minimum Gasteiger partial charge on any atom is -0.508 e. The van der Waals surface area contributed by atoms with Crippen molar-refractivity contribution in [2.75, 3.05) is 50.9 Å². The van der Waals surface area contributed by atoms with Crippen molar-refractivity contribution < 1.29 is 19.4 Å². The van der Waals surface area contributed by atoms with Crippen LogP contribution in [0, 0.1) is 8.99 Å². The molecule has 4 heterocycles. The third-order valence-electron chi connectivity index (χ3n) is 9.62. The van der Waals surface area contributed by atoms with E-state index in [1.54, 1.807) is 12.1 Å². The van der Waals surface area contributed by atoms with Gasteiger partial charge in [0.25, 0.3) is 5.91 Å². The molecule has 0 bridgehead atoms. The van der Waals surface area contributed by atoms with Gasteiger partial charge in [-0.2, -0.15) is 9.97 Å². The van der Waals surface area contributed by atoms with E-state index in [2.05, 4.69) is 39.3 Å². The van der Waals surface area contributed by atoms with Crippen molar-refractivity contribution in [1.29, 1.82) is 0 Å². The fourth-order valence-electron chi connectivity index (χ4n) is 6.93. The SMILES string of the molecule is CC1CCCCCN1c1nc(OCC2(CN3CCOCC3)CC2)nc2c1CN(C(=O)c1cc(O)cc3cccc(I)c13)C2. The van der Waals surface area contributed by atoms with Gasteiger partial charge in [-0.3, -0.25) is 9.69 Å². The van der Waals surface area contributed by atoms with Crippen LogP contribution in [-0.2, 0) is 17.8 Å². The van der Waals surface area contributed by atoms with Gasteiger partial charge in [-0.15, -0.1) is 0 Å². The second-order valence-electron chi connectivity index (χ2n) is 12.8. The molecule has 10 heteroatoms. The summed E-state index contributed by atoms with van der Waals surface area (Å²) < 4.78 is 12.9. The number of halogens is 1.